The maximum atomic E-state index is 5.44. The third-order valence-corrected chi connectivity index (χ3v) is 2.46. The quantitative estimate of drug-likeness (QED) is 0.663. The first-order chi connectivity index (χ1) is 5.75. The molecule has 0 bridgehead atoms. The van der Waals surface area contributed by atoms with Crippen molar-refractivity contribution < 1.29 is 4.74 Å². The minimum absolute atomic E-state index is 0.540. The number of likely N-dealkylation sites (N-methyl/N-ethyl adjacent to an activating group) is 2. The lowest BCUT2D eigenvalue weighted by Gasteiger charge is -2.36. The molecule has 0 spiro atoms. The highest BCUT2D eigenvalue weighted by atomic mass is 16.5. The summed E-state index contributed by atoms with van der Waals surface area (Å²) in [5.74, 6) is 0. The molecule has 1 N–H and O–H groups in total. The molecule has 2 atom stereocenters. The lowest BCUT2D eigenvalue weighted by molar-refractivity contribution is 0.0148. The van der Waals surface area contributed by atoms with Crippen LogP contribution in [-0.4, -0.2) is 50.8 Å². The Labute approximate surface area is 75.1 Å². The molecule has 0 aliphatic carbocycles. The Hall–Kier alpha value is -0.120. The van der Waals surface area contributed by atoms with E-state index in [1.54, 1.807) is 0 Å². The lowest BCUT2D eigenvalue weighted by atomic mass is 10.0. The van der Waals surface area contributed by atoms with E-state index in [0.717, 1.165) is 26.2 Å². The Morgan fingerprint density at radius 2 is 2.25 bits per heavy atom. The summed E-state index contributed by atoms with van der Waals surface area (Å²) in [7, 11) is 4.23. The van der Waals surface area contributed by atoms with Crippen molar-refractivity contribution in [1.82, 2.24) is 10.2 Å². The third kappa shape index (κ3) is 2.44. The summed E-state index contributed by atoms with van der Waals surface area (Å²) < 4.78 is 5.44. The molecule has 0 aromatic rings. The van der Waals surface area contributed by atoms with Gasteiger partial charge in [0.15, 0.2) is 0 Å². The molecule has 0 radical (unpaired) electrons. The summed E-state index contributed by atoms with van der Waals surface area (Å²) in [6, 6.07) is 1.15. The van der Waals surface area contributed by atoms with E-state index in [1.165, 1.54) is 0 Å². The molecule has 1 rings (SSSR count). The molecule has 1 heterocycles. The van der Waals surface area contributed by atoms with Gasteiger partial charge in [-0.3, -0.25) is 0 Å². The van der Waals surface area contributed by atoms with Gasteiger partial charge in [-0.05, 0) is 27.1 Å². The van der Waals surface area contributed by atoms with Crippen molar-refractivity contribution in [2.45, 2.75) is 25.4 Å². The van der Waals surface area contributed by atoms with Crippen molar-refractivity contribution in [2.24, 2.45) is 0 Å². The van der Waals surface area contributed by atoms with Gasteiger partial charge >= 0.3 is 0 Å². The van der Waals surface area contributed by atoms with Gasteiger partial charge in [-0.15, -0.1) is 0 Å². The summed E-state index contributed by atoms with van der Waals surface area (Å²) >= 11 is 0. The van der Waals surface area contributed by atoms with Crippen LogP contribution in [0.25, 0.3) is 0 Å². The first kappa shape index (κ1) is 9.96. The fourth-order valence-corrected chi connectivity index (χ4v) is 1.73. The third-order valence-electron chi connectivity index (χ3n) is 2.46. The molecule has 1 saturated heterocycles. The van der Waals surface area contributed by atoms with E-state index in [4.69, 9.17) is 4.74 Å². The summed E-state index contributed by atoms with van der Waals surface area (Å²) in [6.07, 6.45) is 1.14. The predicted octanol–water partition coefficient (Wildman–Crippen LogP) is 0.315. The number of nitrogens with one attached hydrogen (secondary N) is 1. The monoisotopic (exact) mass is 172 g/mol. The van der Waals surface area contributed by atoms with Crippen LogP contribution < -0.4 is 5.32 Å². The van der Waals surface area contributed by atoms with E-state index in [9.17, 15) is 0 Å². The minimum Gasteiger partial charge on any atom is -0.380 e. The van der Waals surface area contributed by atoms with Gasteiger partial charge in [0.05, 0.1) is 6.61 Å². The largest absolute Gasteiger partial charge is 0.380 e. The molecule has 1 fully saturated rings. The van der Waals surface area contributed by atoms with Gasteiger partial charge in [0.2, 0.25) is 0 Å². The highest BCUT2D eigenvalue weighted by Gasteiger charge is 2.26. The van der Waals surface area contributed by atoms with E-state index < -0.39 is 0 Å². The number of nitrogens with zero attached hydrogens (tertiary/aromatic N) is 1. The maximum Gasteiger partial charge on any atom is 0.0636 e. The SMILES string of the molecule is CCNC1CCOCC1N(C)C. The summed E-state index contributed by atoms with van der Waals surface area (Å²) in [5, 5.41) is 3.49. The lowest BCUT2D eigenvalue weighted by Crippen LogP contribution is -2.53. The van der Waals surface area contributed by atoms with Gasteiger partial charge in [0, 0.05) is 18.7 Å². The Bertz CT molecular complexity index is 126. The number of hydrogen-bond acceptors (Lipinski definition) is 3. The minimum atomic E-state index is 0.540. The summed E-state index contributed by atoms with van der Waals surface area (Å²) in [6.45, 7) is 4.98. The average Bonchev–Trinajstić information content (AvgIpc) is 2.05. The van der Waals surface area contributed by atoms with E-state index in [0.29, 0.717) is 12.1 Å². The molecule has 12 heavy (non-hydrogen) atoms. The van der Waals surface area contributed by atoms with Crippen LogP contribution in [0.15, 0.2) is 0 Å². The molecule has 0 saturated carbocycles. The number of rotatable bonds is 3. The smallest absolute Gasteiger partial charge is 0.0636 e. The van der Waals surface area contributed by atoms with E-state index in [2.05, 4.69) is 31.2 Å². The molecular formula is C9H20N2O. The van der Waals surface area contributed by atoms with E-state index in [-0.39, 0.29) is 0 Å². The van der Waals surface area contributed by atoms with Crippen molar-refractivity contribution in [1.29, 1.82) is 0 Å². The number of hydrogen-bond donors (Lipinski definition) is 1. The molecule has 0 amide bonds. The van der Waals surface area contributed by atoms with Crippen LogP contribution in [0, 0.1) is 0 Å². The fourth-order valence-electron chi connectivity index (χ4n) is 1.73. The Balaban J connectivity index is 2.42. The molecule has 0 aromatic heterocycles. The first-order valence-electron chi connectivity index (χ1n) is 4.73. The van der Waals surface area contributed by atoms with Crippen molar-refractivity contribution in [3.05, 3.63) is 0 Å². The molecule has 72 valence electrons. The van der Waals surface area contributed by atoms with Gasteiger partial charge in [0.1, 0.15) is 0 Å². The number of ether oxygens (including phenoxy) is 1. The normalized spacial score (nSPS) is 31.0. The van der Waals surface area contributed by atoms with Crippen LogP contribution in [0.2, 0.25) is 0 Å². The Morgan fingerprint density at radius 1 is 1.50 bits per heavy atom. The van der Waals surface area contributed by atoms with Crippen LogP contribution in [-0.2, 0) is 4.74 Å². The molecule has 0 aromatic carbocycles. The zero-order valence-electron chi connectivity index (χ0n) is 8.34. The van der Waals surface area contributed by atoms with Crippen LogP contribution in [0.5, 0.6) is 0 Å². The molecule has 1 aliphatic rings. The second-order valence-electron chi connectivity index (χ2n) is 3.56. The Morgan fingerprint density at radius 3 is 2.83 bits per heavy atom. The van der Waals surface area contributed by atoms with Crippen molar-refractivity contribution in [3.8, 4) is 0 Å². The van der Waals surface area contributed by atoms with E-state index >= 15 is 0 Å². The van der Waals surface area contributed by atoms with Gasteiger partial charge in [-0.2, -0.15) is 0 Å². The van der Waals surface area contributed by atoms with Gasteiger partial charge in [-0.1, -0.05) is 6.92 Å². The van der Waals surface area contributed by atoms with Gasteiger partial charge < -0.3 is 15.0 Å². The maximum absolute atomic E-state index is 5.44. The molecular weight excluding hydrogens is 152 g/mol. The zero-order chi connectivity index (χ0) is 8.97. The van der Waals surface area contributed by atoms with Crippen LogP contribution in [0.4, 0.5) is 0 Å². The second kappa shape index (κ2) is 4.80. The topological polar surface area (TPSA) is 24.5 Å². The first-order valence-corrected chi connectivity index (χ1v) is 4.73. The second-order valence-corrected chi connectivity index (χ2v) is 3.56. The standard InChI is InChI=1S/C9H20N2O/c1-4-10-8-5-6-12-7-9(8)11(2)3/h8-10H,4-7H2,1-3H3. The Kier molecular flexibility index (Phi) is 3.98. The van der Waals surface area contributed by atoms with Crippen LogP contribution in [0.3, 0.4) is 0 Å². The predicted molar refractivity (Wildman–Crippen MR) is 50.4 cm³/mol. The molecule has 3 heteroatoms. The summed E-state index contributed by atoms with van der Waals surface area (Å²) in [5.41, 5.74) is 0. The average molecular weight is 172 g/mol. The fraction of sp³-hybridized carbons (Fsp3) is 1.00. The van der Waals surface area contributed by atoms with E-state index in [1.807, 2.05) is 0 Å². The molecule has 2 unspecified atom stereocenters. The van der Waals surface area contributed by atoms with Gasteiger partial charge in [0.25, 0.3) is 0 Å². The van der Waals surface area contributed by atoms with Crippen molar-refractivity contribution >= 4 is 0 Å². The summed E-state index contributed by atoms with van der Waals surface area (Å²) in [4.78, 5) is 2.24. The van der Waals surface area contributed by atoms with Gasteiger partial charge in [-0.25, -0.2) is 0 Å². The molecule has 3 nitrogen and oxygen atoms in total. The van der Waals surface area contributed by atoms with Crippen LogP contribution in [0.1, 0.15) is 13.3 Å². The highest BCUT2D eigenvalue weighted by Crippen LogP contribution is 2.11. The highest BCUT2D eigenvalue weighted by molar-refractivity contribution is 4.84. The molecule has 1 aliphatic heterocycles. The van der Waals surface area contributed by atoms with Crippen LogP contribution >= 0.6 is 0 Å². The van der Waals surface area contributed by atoms with Crippen molar-refractivity contribution in [3.63, 3.8) is 0 Å². The zero-order valence-corrected chi connectivity index (χ0v) is 8.34. The van der Waals surface area contributed by atoms with Crippen molar-refractivity contribution in [2.75, 3.05) is 33.9 Å².